The summed E-state index contributed by atoms with van der Waals surface area (Å²) in [6, 6.07) is -0.602. The minimum Gasteiger partial charge on any atom is -0.467 e. The average molecular weight is 244 g/mol. The molecule has 0 saturated heterocycles. The number of unbranched alkanes of at least 4 members (excludes halogenated alkanes) is 1. The summed E-state index contributed by atoms with van der Waals surface area (Å²) in [4.78, 5) is 32.8. The number of carbonyl (C=O) groups is 3. The molecule has 0 radical (unpaired) electrons. The molecule has 0 aliphatic rings. The number of methoxy groups -OCH3 is 1. The highest BCUT2D eigenvalue weighted by Crippen LogP contribution is 2.02. The van der Waals surface area contributed by atoms with Gasteiger partial charge >= 0.3 is 5.97 Å². The van der Waals surface area contributed by atoms with Gasteiger partial charge < -0.3 is 15.4 Å². The van der Waals surface area contributed by atoms with Crippen LogP contribution in [-0.4, -0.2) is 37.5 Å². The van der Waals surface area contributed by atoms with Gasteiger partial charge in [-0.2, -0.15) is 0 Å². The molecule has 2 N–H and O–H groups in total. The number of esters is 1. The number of carbonyl (C=O) groups excluding carboxylic acids is 3. The second-order valence-electron chi connectivity index (χ2n) is 3.76. The summed E-state index contributed by atoms with van der Waals surface area (Å²) in [6.45, 7) is 3.38. The molecule has 0 aromatic rings. The van der Waals surface area contributed by atoms with Crippen molar-refractivity contribution in [3.8, 4) is 0 Å². The molecule has 0 heterocycles. The third kappa shape index (κ3) is 8.24. The Kier molecular flexibility index (Phi) is 7.75. The summed E-state index contributed by atoms with van der Waals surface area (Å²) in [5, 5.41) is 5.19. The van der Waals surface area contributed by atoms with Crippen molar-refractivity contribution in [2.24, 2.45) is 0 Å². The maximum atomic E-state index is 11.3. The van der Waals surface area contributed by atoms with Crippen LogP contribution in [0.15, 0.2) is 0 Å². The first-order chi connectivity index (χ1) is 7.97. The number of hydrogen-bond donors (Lipinski definition) is 2. The standard InChI is InChI=1S/C11H20N2O4/c1-8(14)12-7-5-4-6-10(11(16)17-3)13-9(2)15/h10H,4-7H2,1-3H3,(H,12,14)(H,13,15). The number of amides is 2. The first-order valence-electron chi connectivity index (χ1n) is 5.56. The topological polar surface area (TPSA) is 84.5 Å². The maximum Gasteiger partial charge on any atom is 0.328 e. The molecule has 0 saturated carbocycles. The summed E-state index contributed by atoms with van der Waals surface area (Å²) in [5.74, 6) is -0.779. The average Bonchev–Trinajstić information content (AvgIpc) is 2.25. The van der Waals surface area contributed by atoms with Crippen LogP contribution in [0, 0.1) is 0 Å². The van der Waals surface area contributed by atoms with Crippen LogP contribution in [0.2, 0.25) is 0 Å². The smallest absolute Gasteiger partial charge is 0.328 e. The number of rotatable bonds is 7. The van der Waals surface area contributed by atoms with Crippen molar-refractivity contribution < 1.29 is 19.1 Å². The van der Waals surface area contributed by atoms with Gasteiger partial charge in [0.1, 0.15) is 6.04 Å². The van der Waals surface area contributed by atoms with Gasteiger partial charge in [0.2, 0.25) is 11.8 Å². The SMILES string of the molecule is COC(=O)C(CCCCNC(C)=O)NC(C)=O. The predicted octanol–water partition coefficient (Wildman–Crippen LogP) is -0.0295. The Morgan fingerprint density at radius 1 is 1.12 bits per heavy atom. The molecule has 0 spiro atoms. The molecular weight excluding hydrogens is 224 g/mol. The van der Waals surface area contributed by atoms with E-state index in [-0.39, 0.29) is 11.8 Å². The zero-order valence-electron chi connectivity index (χ0n) is 10.5. The van der Waals surface area contributed by atoms with Crippen LogP contribution in [0.4, 0.5) is 0 Å². The van der Waals surface area contributed by atoms with E-state index in [1.54, 1.807) is 0 Å². The van der Waals surface area contributed by atoms with E-state index in [0.717, 1.165) is 12.8 Å². The van der Waals surface area contributed by atoms with Crippen molar-refractivity contribution in [2.75, 3.05) is 13.7 Å². The lowest BCUT2D eigenvalue weighted by Crippen LogP contribution is -2.40. The van der Waals surface area contributed by atoms with Gasteiger partial charge in [-0.05, 0) is 19.3 Å². The van der Waals surface area contributed by atoms with Crippen molar-refractivity contribution in [2.45, 2.75) is 39.2 Å². The van der Waals surface area contributed by atoms with Crippen LogP contribution in [0.3, 0.4) is 0 Å². The summed E-state index contributed by atoms with van der Waals surface area (Å²) < 4.78 is 4.59. The Bertz CT molecular complexity index is 279. The van der Waals surface area contributed by atoms with Gasteiger partial charge in [-0.15, -0.1) is 0 Å². The molecule has 1 atom stereocenters. The molecule has 0 aromatic heterocycles. The summed E-state index contributed by atoms with van der Waals surface area (Å²) in [7, 11) is 1.29. The van der Waals surface area contributed by atoms with Gasteiger partial charge in [0.05, 0.1) is 7.11 Å². The van der Waals surface area contributed by atoms with Gasteiger partial charge in [-0.3, -0.25) is 9.59 Å². The van der Waals surface area contributed by atoms with Crippen LogP contribution in [-0.2, 0) is 19.1 Å². The fraction of sp³-hybridized carbons (Fsp3) is 0.727. The molecule has 17 heavy (non-hydrogen) atoms. The first kappa shape index (κ1) is 15.4. The molecular formula is C11H20N2O4. The van der Waals surface area contributed by atoms with Crippen LogP contribution in [0.1, 0.15) is 33.1 Å². The van der Waals surface area contributed by atoms with Crippen LogP contribution >= 0.6 is 0 Å². The minimum atomic E-state index is -0.602. The molecule has 0 fully saturated rings. The Hall–Kier alpha value is -1.59. The quantitative estimate of drug-likeness (QED) is 0.486. The fourth-order valence-corrected chi connectivity index (χ4v) is 1.37. The number of hydrogen-bond acceptors (Lipinski definition) is 4. The molecule has 6 nitrogen and oxygen atoms in total. The molecule has 0 aliphatic carbocycles. The van der Waals surface area contributed by atoms with E-state index in [1.807, 2.05) is 0 Å². The number of ether oxygens (including phenoxy) is 1. The van der Waals surface area contributed by atoms with Gasteiger partial charge in [-0.1, -0.05) is 0 Å². The molecule has 1 unspecified atom stereocenters. The zero-order valence-corrected chi connectivity index (χ0v) is 10.5. The Morgan fingerprint density at radius 2 is 1.76 bits per heavy atom. The normalized spacial score (nSPS) is 11.5. The Labute approximate surface area is 101 Å². The summed E-state index contributed by atoms with van der Waals surface area (Å²) in [5.41, 5.74) is 0. The van der Waals surface area contributed by atoms with E-state index in [4.69, 9.17) is 0 Å². The van der Waals surface area contributed by atoms with Crippen molar-refractivity contribution >= 4 is 17.8 Å². The first-order valence-corrected chi connectivity index (χ1v) is 5.56. The second kappa shape index (κ2) is 8.55. The predicted molar refractivity (Wildman–Crippen MR) is 62.2 cm³/mol. The Balaban J connectivity index is 3.87. The molecule has 98 valence electrons. The van der Waals surface area contributed by atoms with Crippen molar-refractivity contribution in [1.82, 2.24) is 10.6 Å². The van der Waals surface area contributed by atoms with Gasteiger partial charge in [0.25, 0.3) is 0 Å². The highest BCUT2D eigenvalue weighted by Gasteiger charge is 2.19. The summed E-state index contributed by atoms with van der Waals surface area (Å²) >= 11 is 0. The van der Waals surface area contributed by atoms with Crippen molar-refractivity contribution in [3.63, 3.8) is 0 Å². The number of nitrogens with one attached hydrogen (secondary N) is 2. The lowest BCUT2D eigenvalue weighted by atomic mass is 10.1. The van der Waals surface area contributed by atoms with Crippen LogP contribution in [0.5, 0.6) is 0 Å². The highest BCUT2D eigenvalue weighted by atomic mass is 16.5. The van der Waals surface area contributed by atoms with E-state index >= 15 is 0 Å². The largest absolute Gasteiger partial charge is 0.467 e. The fourth-order valence-electron chi connectivity index (χ4n) is 1.37. The van der Waals surface area contributed by atoms with Gasteiger partial charge in [0, 0.05) is 20.4 Å². The third-order valence-electron chi connectivity index (χ3n) is 2.16. The van der Waals surface area contributed by atoms with E-state index in [9.17, 15) is 14.4 Å². The third-order valence-corrected chi connectivity index (χ3v) is 2.16. The van der Waals surface area contributed by atoms with Gasteiger partial charge in [0.15, 0.2) is 0 Å². The maximum absolute atomic E-state index is 11.3. The van der Waals surface area contributed by atoms with Crippen LogP contribution < -0.4 is 10.6 Å². The molecule has 0 rings (SSSR count). The zero-order chi connectivity index (χ0) is 13.3. The molecule has 2 amide bonds. The van der Waals surface area contributed by atoms with E-state index in [2.05, 4.69) is 15.4 Å². The van der Waals surface area contributed by atoms with Crippen LogP contribution in [0.25, 0.3) is 0 Å². The van der Waals surface area contributed by atoms with E-state index in [0.29, 0.717) is 13.0 Å². The minimum absolute atomic E-state index is 0.0728. The monoisotopic (exact) mass is 244 g/mol. The molecule has 0 bridgehead atoms. The lowest BCUT2D eigenvalue weighted by molar-refractivity contribution is -0.145. The molecule has 6 heteroatoms. The van der Waals surface area contributed by atoms with Crippen molar-refractivity contribution in [1.29, 1.82) is 0 Å². The Morgan fingerprint density at radius 3 is 2.24 bits per heavy atom. The second-order valence-corrected chi connectivity index (χ2v) is 3.76. The van der Waals surface area contributed by atoms with E-state index in [1.165, 1.54) is 21.0 Å². The molecule has 0 aromatic carbocycles. The van der Waals surface area contributed by atoms with Crippen molar-refractivity contribution in [3.05, 3.63) is 0 Å². The van der Waals surface area contributed by atoms with E-state index < -0.39 is 12.0 Å². The van der Waals surface area contributed by atoms with Gasteiger partial charge in [-0.25, -0.2) is 4.79 Å². The lowest BCUT2D eigenvalue weighted by Gasteiger charge is -2.15. The molecule has 0 aliphatic heterocycles. The summed E-state index contributed by atoms with van der Waals surface area (Å²) in [6.07, 6.45) is 1.98. The highest BCUT2D eigenvalue weighted by molar-refractivity contribution is 5.83.